The minimum Gasteiger partial charge on any atom is -0.491 e. The van der Waals surface area contributed by atoms with Gasteiger partial charge in [-0.3, -0.25) is 14.9 Å². The van der Waals surface area contributed by atoms with Crippen molar-refractivity contribution in [3.63, 3.8) is 0 Å². The molecule has 2 N–H and O–H groups in total. The first-order chi connectivity index (χ1) is 15.8. The molecule has 0 fully saturated rings. The van der Waals surface area contributed by atoms with Crippen LogP contribution < -0.4 is 10.1 Å². The number of Topliss-reactive ketones (excluding diaryl/α,β-unsaturated/α-hetero) is 1. The van der Waals surface area contributed by atoms with E-state index < -0.39 is 18.2 Å². The van der Waals surface area contributed by atoms with Crippen LogP contribution in [0.15, 0.2) is 48.5 Å². The SMILES string of the molecule is CC(=O)c1ccc(NC(=O)O[C@@H](c2cccc(OCCO)c2)[C@@H](C)CCOC(=O)CS)cc1. The molecule has 0 radical (unpaired) electrons. The third-order valence-corrected chi connectivity index (χ3v) is 5.06. The summed E-state index contributed by atoms with van der Waals surface area (Å²) in [5.74, 6) is -0.168. The van der Waals surface area contributed by atoms with Gasteiger partial charge in [0.25, 0.3) is 0 Å². The topological polar surface area (TPSA) is 111 Å². The summed E-state index contributed by atoms with van der Waals surface area (Å²) < 4.78 is 16.3. The lowest BCUT2D eigenvalue weighted by Crippen LogP contribution is -2.23. The van der Waals surface area contributed by atoms with Crippen LogP contribution in [0.1, 0.15) is 42.3 Å². The van der Waals surface area contributed by atoms with E-state index >= 15 is 0 Å². The monoisotopic (exact) mass is 475 g/mol. The number of hydrogen-bond donors (Lipinski definition) is 3. The molecule has 0 aliphatic rings. The molecule has 0 spiro atoms. The van der Waals surface area contributed by atoms with Crippen molar-refractivity contribution < 1.29 is 33.7 Å². The second-order valence-electron chi connectivity index (χ2n) is 7.37. The Bertz CT molecular complexity index is 933. The lowest BCUT2D eigenvalue weighted by Gasteiger charge is -2.25. The van der Waals surface area contributed by atoms with Crippen LogP contribution in [-0.2, 0) is 14.3 Å². The van der Waals surface area contributed by atoms with Crippen molar-refractivity contribution in [2.24, 2.45) is 5.92 Å². The van der Waals surface area contributed by atoms with E-state index in [1.54, 1.807) is 42.5 Å². The zero-order valence-corrected chi connectivity index (χ0v) is 19.5. The number of esters is 1. The molecule has 1 amide bonds. The summed E-state index contributed by atoms with van der Waals surface area (Å²) in [5.41, 5.74) is 1.72. The van der Waals surface area contributed by atoms with E-state index in [2.05, 4.69) is 17.9 Å². The molecule has 0 heterocycles. The van der Waals surface area contributed by atoms with Gasteiger partial charge in [0.05, 0.1) is 19.0 Å². The molecule has 9 heteroatoms. The molecule has 0 saturated carbocycles. The van der Waals surface area contributed by atoms with Gasteiger partial charge in [-0.1, -0.05) is 19.1 Å². The van der Waals surface area contributed by atoms with Gasteiger partial charge < -0.3 is 19.3 Å². The normalized spacial score (nSPS) is 12.4. The van der Waals surface area contributed by atoms with Crippen molar-refractivity contribution in [2.75, 3.05) is 30.9 Å². The predicted molar refractivity (Wildman–Crippen MR) is 127 cm³/mol. The quantitative estimate of drug-likeness (QED) is 0.241. The number of carbonyl (C=O) groups excluding carboxylic acids is 3. The molecule has 0 aromatic heterocycles. The van der Waals surface area contributed by atoms with Gasteiger partial charge in [0.15, 0.2) is 5.78 Å². The summed E-state index contributed by atoms with van der Waals surface area (Å²) in [7, 11) is 0. The van der Waals surface area contributed by atoms with Gasteiger partial charge in [0.2, 0.25) is 0 Å². The molecule has 0 unspecified atom stereocenters. The maximum absolute atomic E-state index is 12.6. The minimum absolute atomic E-state index is 0.0105. The van der Waals surface area contributed by atoms with Crippen molar-refractivity contribution in [2.45, 2.75) is 26.4 Å². The highest BCUT2D eigenvalue weighted by atomic mass is 32.1. The number of ketones is 1. The summed E-state index contributed by atoms with van der Waals surface area (Å²) in [5, 5.41) is 11.7. The van der Waals surface area contributed by atoms with Crippen LogP contribution in [0.25, 0.3) is 0 Å². The Hall–Kier alpha value is -3.04. The van der Waals surface area contributed by atoms with E-state index in [-0.39, 0.29) is 37.3 Å². The molecule has 2 aromatic rings. The van der Waals surface area contributed by atoms with Crippen LogP contribution in [0.2, 0.25) is 0 Å². The van der Waals surface area contributed by atoms with Crippen LogP contribution in [0, 0.1) is 5.92 Å². The first kappa shape index (κ1) is 26.2. The number of nitrogens with one attached hydrogen (secondary N) is 1. The molecule has 8 nitrogen and oxygen atoms in total. The van der Waals surface area contributed by atoms with Gasteiger partial charge in [0, 0.05) is 17.2 Å². The molecule has 0 bridgehead atoms. The van der Waals surface area contributed by atoms with Gasteiger partial charge in [-0.05, 0) is 55.3 Å². The predicted octanol–water partition coefficient (Wildman–Crippen LogP) is 4.05. The molecule has 33 heavy (non-hydrogen) atoms. The van der Waals surface area contributed by atoms with E-state index in [4.69, 9.17) is 19.3 Å². The second kappa shape index (κ2) is 13.5. The number of aliphatic hydroxyl groups excluding tert-OH is 1. The molecule has 2 rings (SSSR count). The molecule has 0 saturated heterocycles. The minimum atomic E-state index is -0.670. The number of thiol groups is 1. The van der Waals surface area contributed by atoms with Crippen molar-refractivity contribution in [1.29, 1.82) is 0 Å². The molecular weight excluding hydrogens is 446 g/mol. The van der Waals surface area contributed by atoms with E-state index in [0.29, 0.717) is 29.0 Å². The largest absolute Gasteiger partial charge is 0.491 e. The van der Waals surface area contributed by atoms with Gasteiger partial charge >= 0.3 is 12.1 Å². The lowest BCUT2D eigenvalue weighted by molar-refractivity contribution is -0.141. The highest BCUT2D eigenvalue weighted by Gasteiger charge is 2.25. The highest BCUT2D eigenvalue weighted by molar-refractivity contribution is 7.81. The average Bonchev–Trinajstić information content (AvgIpc) is 2.81. The number of rotatable bonds is 12. The fraction of sp³-hybridized carbons (Fsp3) is 0.375. The van der Waals surface area contributed by atoms with Crippen molar-refractivity contribution in [3.05, 3.63) is 59.7 Å². The summed E-state index contributed by atoms with van der Waals surface area (Å²) in [6.45, 7) is 3.53. The van der Waals surface area contributed by atoms with E-state index in [0.717, 1.165) is 0 Å². The zero-order valence-electron chi connectivity index (χ0n) is 18.7. The Balaban J connectivity index is 2.14. The van der Waals surface area contributed by atoms with Gasteiger partial charge in [-0.25, -0.2) is 4.79 Å². The third-order valence-electron chi connectivity index (χ3n) is 4.80. The van der Waals surface area contributed by atoms with Crippen LogP contribution in [0.5, 0.6) is 5.75 Å². The number of carbonyl (C=O) groups is 3. The molecule has 178 valence electrons. The average molecular weight is 476 g/mol. The smallest absolute Gasteiger partial charge is 0.412 e. The van der Waals surface area contributed by atoms with Crippen molar-refractivity contribution in [1.82, 2.24) is 0 Å². The fourth-order valence-electron chi connectivity index (χ4n) is 3.06. The molecule has 0 aliphatic carbocycles. The standard InChI is InChI=1S/C24H29NO7S/c1-16(10-12-31-22(28)15-33)23(19-4-3-5-21(14-19)30-13-11-26)32-24(29)25-20-8-6-18(7-9-20)17(2)27/h3-9,14,16,23,26,33H,10-13,15H2,1-2H3,(H,25,29)/t16-,23+/m0/s1. The van der Waals surface area contributed by atoms with Gasteiger partial charge in [-0.15, -0.1) is 0 Å². The second-order valence-corrected chi connectivity index (χ2v) is 7.69. The van der Waals surface area contributed by atoms with Crippen molar-refractivity contribution in [3.8, 4) is 5.75 Å². The summed E-state index contributed by atoms with van der Waals surface area (Å²) in [6, 6.07) is 13.5. The molecule has 0 aliphatic heterocycles. The number of aliphatic hydroxyl groups is 1. The molecule has 2 atom stereocenters. The summed E-state index contributed by atoms with van der Waals surface area (Å²) >= 11 is 3.88. The lowest BCUT2D eigenvalue weighted by atomic mass is 9.94. The number of benzene rings is 2. The van der Waals surface area contributed by atoms with E-state index in [9.17, 15) is 14.4 Å². The van der Waals surface area contributed by atoms with Crippen LogP contribution in [0.4, 0.5) is 10.5 Å². The Kier molecular flexibility index (Phi) is 10.7. The number of amides is 1. The highest BCUT2D eigenvalue weighted by Crippen LogP contribution is 2.31. The van der Waals surface area contributed by atoms with Gasteiger partial charge in [-0.2, -0.15) is 12.6 Å². The summed E-state index contributed by atoms with van der Waals surface area (Å²) in [6.07, 6.45) is -0.878. The third kappa shape index (κ3) is 8.78. The first-order valence-corrected chi connectivity index (χ1v) is 11.2. The van der Waals surface area contributed by atoms with Crippen LogP contribution in [-0.4, -0.2) is 48.5 Å². The molecular formula is C24H29NO7S. The Morgan fingerprint density at radius 1 is 1.09 bits per heavy atom. The Labute approximate surface area is 198 Å². The zero-order chi connectivity index (χ0) is 24.2. The first-order valence-electron chi connectivity index (χ1n) is 10.5. The Morgan fingerprint density at radius 3 is 2.45 bits per heavy atom. The van der Waals surface area contributed by atoms with Crippen molar-refractivity contribution >= 4 is 36.2 Å². The maximum atomic E-state index is 12.6. The number of ether oxygens (including phenoxy) is 3. The maximum Gasteiger partial charge on any atom is 0.412 e. The molecule has 2 aromatic carbocycles. The van der Waals surface area contributed by atoms with Gasteiger partial charge in [0.1, 0.15) is 18.5 Å². The number of anilines is 1. The van der Waals surface area contributed by atoms with E-state index in [1.165, 1.54) is 6.92 Å². The van der Waals surface area contributed by atoms with Crippen LogP contribution in [0.3, 0.4) is 0 Å². The Morgan fingerprint density at radius 2 is 1.82 bits per heavy atom. The summed E-state index contributed by atoms with van der Waals surface area (Å²) in [4.78, 5) is 35.4. The number of hydrogen-bond acceptors (Lipinski definition) is 8. The fourth-order valence-corrected chi connectivity index (χ4v) is 3.16. The van der Waals surface area contributed by atoms with Crippen LogP contribution >= 0.6 is 12.6 Å². The van der Waals surface area contributed by atoms with E-state index in [1.807, 2.05) is 13.0 Å².